The maximum absolute atomic E-state index is 11.8. The third kappa shape index (κ3) is 2.03. The molecular formula is C14H11N5O. The van der Waals surface area contributed by atoms with Crippen LogP contribution >= 0.6 is 0 Å². The SMILES string of the molecule is NC(=O)c1c(-c2ccccc2)cccc1-c1nn[nH]n1. The van der Waals surface area contributed by atoms with Crippen LogP contribution in [0.5, 0.6) is 0 Å². The normalized spacial score (nSPS) is 10.4. The number of H-pyrrole nitrogens is 1. The second-order valence-corrected chi connectivity index (χ2v) is 4.19. The zero-order chi connectivity index (χ0) is 13.9. The minimum atomic E-state index is -0.524. The van der Waals surface area contributed by atoms with Gasteiger partial charge in [-0.25, -0.2) is 0 Å². The van der Waals surface area contributed by atoms with Crippen molar-refractivity contribution in [2.24, 2.45) is 5.73 Å². The first-order chi connectivity index (χ1) is 9.77. The number of primary amides is 1. The van der Waals surface area contributed by atoms with Gasteiger partial charge < -0.3 is 5.73 Å². The van der Waals surface area contributed by atoms with Gasteiger partial charge >= 0.3 is 0 Å². The molecule has 0 saturated carbocycles. The average molecular weight is 265 g/mol. The third-order valence-corrected chi connectivity index (χ3v) is 2.98. The molecule has 3 rings (SSSR count). The fraction of sp³-hybridized carbons (Fsp3) is 0. The van der Waals surface area contributed by atoms with E-state index in [1.807, 2.05) is 42.5 Å². The van der Waals surface area contributed by atoms with E-state index in [4.69, 9.17) is 5.73 Å². The lowest BCUT2D eigenvalue weighted by molar-refractivity contribution is 0.100. The minimum Gasteiger partial charge on any atom is -0.366 e. The van der Waals surface area contributed by atoms with Gasteiger partial charge in [0.05, 0.1) is 5.56 Å². The number of hydrogen-bond acceptors (Lipinski definition) is 4. The summed E-state index contributed by atoms with van der Waals surface area (Å²) in [4.78, 5) is 11.8. The van der Waals surface area contributed by atoms with Gasteiger partial charge in [0.25, 0.3) is 0 Å². The second-order valence-electron chi connectivity index (χ2n) is 4.19. The Morgan fingerprint density at radius 2 is 1.75 bits per heavy atom. The summed E-state index contributed by atoms with van der Waals surface area (Å²) in [5, 5.41) is 13.7. The molecule has 98 valence electrons. The molecule has 0 spiro atoms. The predicted octanol–water partition coefficient (Wildman–Crippen LogP) is 1.63. The molecule has 0 bridgehead atoms. The summed E-state index contributed by atoms with van der Waals surface area (Å²) in [7, 11) is 0. The summed E-state index contributed by atoms with van der Waals surface area (Å²) < 4.78 is 0. The average Bonchev–Trinajstić information content (AvgIpc) is 3.01. The number of tetrazole rings is 1. The zero-order valence-electron chi connectivity index (χ0n) is 10.4. The van der Waals surface area contributed by atoms with Crippen molar-refractivity contribution >= 4 is 5.91 Å². The maximum Gasteiger partial charge on any atom is 0.250 e. The number of nitrogens with one attached hydrogen (secondary N) is 1. The number of benzene rings is 2. The molecule has 1 aromatic heterocycles. The van der Waals surface area contributed by atoms with Gasteiger partial charge in [-0.05, 0) is 16.3 Å². The molecule has 1 heterocycles. The van der Waals surface area contributed by atoms with Crippen LogP contribution in [0.2, 0.25) is 0 Å². The van der Waals surface area contributed by atoms with E-state index in [2.05, 4.69) is 20.6 Å². The lowest BCUT2D eigenvalue weighted by Crippen LogP contribution is -2.14. The Labute approximate surface area is 114 Å². The van der Waals surface area contributed by atoms with Crippen LogP contribution in [0.15, 0.2) is 48.5 Å². The zero-order valence-corrected chi connectivity index (χ0v) is 10.4. The number of amides is 1. The van der Waals surface area contributed by atoms with Gasteiger partial charge in [0.1, 0.15) is 0 Å². The Bertz CT molecular complexity index is 738. The summed E-state index contributed by atoms with van der Waals surface area (Å²) in [6.45, 7) is 0. The molecule has 0 aliphatic rings. The Hall–Kier alpha value is -3.02. The highest BCUT2D eigenvalue weighted by Crippen LogP contribution is 2.30. The quantitative estimate of drug-likeness (QED) is 0.752. The highest BCUT2D eigenvalue weighted by Gasteiger charge is 2.18. The second kappa shape index (κ2) is 4.93. The highest BCUT2D eigenvalue weighted by atomic mass is 16.1. The Morgan fingerprint density at radius 3 is 2.40 bits per heavy atom. The van der Waals surface area contributed by atoms with Gasteiger partial charge in [-0.2, -0.15) is 5.21 Å². The standard InChI is InChI=1S/C14H11N5O/c15-13(20)12-10(9-5-2-1-3-6-9)7-4-8-11(12)14-16-18-19-17-14/h1-8H,(H2,15,20)(H,16,17,18,19). The lowest BCUT2D eigenvalue weighted by atomic mass is 9.94. The van der Waals surface area contributed by atoms with Crippen LogP contribution in [-0.4, -0.2) is 26.5 Å². The van der Waals surface area contributed by atoms with Gasteiger partial charge in [-0.15, -0.1) is 10.2 Å². The molecule has 1 amide bonds. The fourth-order valence-electron chi connectivity index (χ4n) is 2.14. The van der Waals surface area contributed by atoms with Crippen molar-refractivity contribution in [1.82, 2.24) is 20.6 Å². The maximum atomic E-state index is 11.8. The Balaban J connectivity index is 2.26. The van der Waals surface area contributed by atoms with Crippen molar-refractivity contribution in [3.63, 3.8) is 0 Å². The Kier molecular flexibility index (Phi) is 2.96. The van der Waals surface area contributed by atoms with Crippen LogP contribution < -0.4 is 5.73 Å². The molecule has 0 unspecified atom stereocenters. The van der Waals surface area contributed by atoms with E-state index in [0.717, 1.165) is 11.1 Å². The molecule has 0 saturated heterocycles. The van der Waals surface area contributed by atoms with Gasteiger partial charge in [-0.3, -0.25) is 4.79 Å². The summed E-state index contributed by atoms with van der Waals surface area (Å²) >= 11 is 0. The molecule has 0 fully saturated rings. The number of carbonyl (C=O) groups excluding carboxylic acids is 1. The first-order valence-electron chi connectivity index (χ1n) is 5.99. The molecule has 20 heavy (non-hydrogen) atoms. The van der Waals surface area contributed by atoms with Crippen molar-refractivity contribution in [3.05, 3.63) is 54.1 Å². The molecule has 6 nitrogen and oxygen atoms in total. The van der Waals surface area contributed by atoms with Crippen LogP contribution in [0.25, 0.3) is 22.5 Å². The third-order valence-electron chi connectivity index (χ3n) is 2.98. The largest absolute Gasteiger partial charge is 0.366 e. The Morgan fingerprint density at radius 1 is 1.00 bits per heavy atom. The number of nitrogens with zero attached hydrogens (tertiary/aromatic N) is 3. The van der Waals surface area contributed by atoms with Gasteiger partial charge in [0.2, 0.25) is 11.7 Å². The number of aromatic amines is 1. The lowest BCUT2D eigenvalue weighted by Gasteiger charge is -2.10. The van der Waals surface area contributed by atoms with Gasteiger partial charge in [0.15, 0.2) is 0 Å². The van der Waals surface area contributed by atoms with Crippen LogP contribution in [0.3, 0.4) is 0 Å². The molecule has 0 radical (unpaired) electrons. The van der Waals surface area contributed by atoms with E-state index >= 15 is 0 Å². The van der Waals surface area contributed by atoms with Gasteiger partial charge in [0, 0.05) is 5.56 Å². The van der Waals surface area contributed by atoms with Crippen molar-refractivity contribution in [3.8, 4) is 22.5 Å². The smallest absolute Gasteiger partial charge is 0.250 e. The molecule has 3 N–H and O–H groups in total. The van der Waals surface area contributed by atoms with Crippen molar-refractivity contribution < 1.29 is 4.79 Å². The molecule has 6 heteroatoms. The molecule has 0 aliphatic carbocycles. The molecule has 0 aliphatic heterocycles. The van der Waals surface area contributed by atoms with Crippen LogP contribution in [0.1, 0.15) is 10.4 Å². The van der Waals surface area contributed by atoms with E-state index in [0.29, 0.717) is 17.0 Å². The highest BCUT2D eigenvalue weighted by molar-refractivity contribution is 6.05. The van der Waals surface area contributed by atoms with E-state index in [1.54, 1.807) is 6.07 Å². The topological polar surface area (TPSA) is 97.5 Å². The number of rotatable bonds is 3. The summed E-state index contributed by atoms with van der Waals surface area (Å²) in [5.74, 6) is -0.180. The first kappa shape index (κ1) is 12.0. The van der Waals surface area contributed by atoms with Crippen LogP contribution in [-0.2, 0) is 0 Å². The van der Waals surface area contributed by atoms with Crippen molar-refractivity contribution in [2.75, 3.05) is 0 Å². The minimum absolute atomic E-state index is 0.344. The van der Waals surface area contributed by atoms with Gasteiger partial charge in [-0.1, -0.05) is 48.5 Å². The summed E-state index contributed by atoms with van der Waals surface area (Å²) in [6.07, 6.45) is 0. The molecule has 2 aromatic carbocycles. The van der Waals surface area contributed by atoms with Crippen molar-refractivity contribution in [2.45, 2.75) is 0 Å². The fourth-order valence-corrected chi connectivity index (χ4v) is 2.14. The summed E-state index contributed by atoms with van der Waals surface area (Å²) in [6, 6.07) is 15.0. The van der Waals surface area contributed by atoms with Crippen LogP contribution in [0, 0.1) is 0 Å². The van der Waals surface area contributed by atoms with Crippen LogP contribution in [0.4, 0.5) is 0 Å². The van der Waals surface area contributed by atoms with E-state index < -0.39 is 5.91 Å². The van der Waals surface area contributed by atoms with E-state index in [9.17, 15) is 4.79 Å². The predicted molar refractivity (Wildman–Crippen MR) is 73.6 cm³/mol. The van der Waals surface area contributed by atoms with E-state index in [1.165, 1.54) is 0 Å². The number of aromatic nitrogens is 4. The van der Waals surface area contributed by atoms with Crippen molar-refractivity contribution in [1.29, 1.82) is 0 Å². The monoisotopic (exact) mass is 265 g/mol. The molecule has 0 atom stereocenters. The summed E-state index contributed by atoms with van der Waals surface area (Å²) in [5.41, 5.74) is 8.14. The molecule has 3 aromatic rings. The number of carbonyl (C=O) groups is 1. The number of hydrogen-bond donors (Lipinski definition) is 2. The first-order valence-corrected chi connectivity index (χ1v) is 5.99. The van der Waals surface area contributed by atoms with E-state index in [-0.39, 0.29) is 0 Å². The molecular weight excluding hydrogens is 254 g/mol. The number of nitrogens with two attached hydrogens (primary N) is 1.